The molecule has 2 rings (SSSR count). The molecule has 1 aromatic carbocycles. The Labute approximate surface area is 117 Å². The van der Waals surface area contributed by atoms with Gasteiger partial charge in [-0.3, -0.25) is 0 Å². The average molecular weight is 314 g/mol. The smallest absolute Gasteiger partial charge is 0.0224 e. The van der Waals surface area contributed by atoms with Crippen molar-refractivity contribution < 1.29 is 0 Å². The van der Waals surface area contributed by atoms with E-state index < -0.39 is 0 Å². The van der Waals surface area contributed by atoms with Gasteiger partial charge in [-0.05, 0) is 43.7 Å². The largest absolute Gasteiger partial charge is 0.316 e. The summed E-state index contributed by atoms with van der Waals surface area (Å²) in [6.45, 7) is 0. The highest BCUT2D eigenvalue weighted by Crippen LogP contribution is 2.29. The summed E-state index contributed by atoms with van der Waals surface area (Å²) in [5.41, 5.74) is 1.41. The normalized spacial score (nSPS) is 22.4. The second-order valence-corrected chi connectivity index (χ2v) is 6.80. The van der Waals surface area contributed by atoms with Crippen LogP contribution in [0.2, 0.25) is 0 Å². The molecule has 2 atom stereocenters. The average Bonchev–Trinajstić information content (AvgIpc) is 2.39. The summed E-state index contributed by atoms with van der Waals surface area (Å²) < 4.78 is 1.24. The predicted octanol–water partition coefficient (Wildman–Crippen LogP) is 3.87. The highest BCUT2D eigenvalue weighted by atomic mass is 79.9. The summed E-state index contributed by atoms with van der Waals surface area (Å²) >= 11 is 5.79. The quantitative estimate of drug-likeness (QED) is 0.905. The van der Waals surface area contributed by atoms with Crippen molar-refractivity contribution in [2.45, 2.75) is 37.0 Å². The van der Waals surface area contributed by atoms with Crippen LogP contribution in [-0.2, 0) is 6.42 Å². The van der Waals surface area contributed by atoms with Crippen LogP contribution in [0.5, 0.6) is 0 Å². The van der Waals surface area contributed by atoms with Crippen molar-refractivity contribution in [3.8, 4) is 0 Å². The van der Waals surface area contributed by atoms with Gasteiger partial charge in [0.15, 0.2) is 0 Å². The molecule has 0 aliphatic carbocycles. The van der Waals surface area contributed by atoms with E-state index >= 15 is 0 Å². The summed E-state index contributed by atoms with van der Waals surface area (Å²) in [6.07, 6.45) is 5.27. The Bertz CT molecular complexity index is 350. The van der Waals surface area contributed by atoms with Gasteiger partial charge >= 0.3 is 0 Å². The molecule has 94 valence electrons. The van der Waals surface area contributed by atoms with Crippen molar-refractivity contribution in [1.82, 2.24) is 5.32 Å². The fraction of sp³-hybridized carbons (Fsp3) is 0.571. The van der Waals surface area contributed by atoms with Crippen molar-refractivity contribution in [2.75, 3.05) is 12.8 Å². The van der Waals surface area contributed by atoms with E-state index in [2.05, 4.69) is 64.3 Å². The first-order valence-corrected chi connectivity index (χ1v) is 8.17. The van der Waals surface area contributed by atoms with Gasteiger partial charge in [0.25, 0.3) is 0 Å². The zero-order valence-corrected chi connectivity index (χ0v) is 12.7. The van der Waals surface area contributed by atoms with Gasteiger partial charge in [0.2, 0.25) is 0 Å². The number of rotatable bonds is 4. The molecule has 1 heterocycles. The molecule has 17 heavy (non-hydrogen) atoms. The van der Waals surface area contributed by atoms with Crippen LogP contribution in [0.25, 0.3) is 0 Å². The fourth-order valence-electron chi connectivity index (χ4n) is 2.40. The molecular weight excluding hydrogens is 294 g/mol. The zero-order chi connectivity index (χ0) is 12.1. The Morgan fingerprint density at radius 2 is 2.24 bits per heavy atom. The highest BCUT2D eigenvalue weighted by Gasteiger charge is 2.23. The monoisotopic (exact) mass is 313 g/mol. The molecule has 1 N–H and O–H groups in total. The summed E-state index contributed by atoms with van der Waals surface area (Å²) in [5, 5.41) is 4.28. The Hall–Kier alpha value is 0.01000. The zero-order valence-electron chi connectivity index (χ0n) is 10.3. The fourth-order valence-corrected chi connectivity index (χ4v) is 4.32. The molecule has 1 aliphatic rings. The van der Waals surface area contributed by atoms with Crippen molar-refractivity contribution in [3.63, 3.8) is 0 Å². The molecule has 0 saturated carbocycles. The Kier molecular flexibility index (Phi) is 5.39. The molecule has 1 nitrogen and oxygen atoms in total. The standard InChI is InChI=1S/C14H20BrNS/c1-16-13(14-8-4-5-9-17-14)10-11-6-2-3-7-12(11)15/h2-3,6-7,13-14,16H,4-5,8-10H2,1H3. The maximum absolute atomic E-state index is 3.64. The molecule has 3 heteroatoms. The second kappa shape index (κ2) is 6.81. The predicted molar refractivity (Wildman–Crippen MR) is 80.8 cm³/mol. The number of nitrogens with one attached hydrogen (secondary N) is 1. The topological polar surface area (TPSA) is 12.0 Å². The van der Waals surface area contributed by atoms with Crippen LogP contribution in [0.4, 0.5) is 0 Å². The number of likely N-dealkylation sites (N-methyl/N-ethyl adjacent to an activating group) is 1. The van der Waals surface area contributed by atoms with Gasteiger partial charge in [-0.25, -0.2) is 0 Å². The molecular formula is C14H20BrNS. The molecule has 0 amide bonds. The summed E-state index contributed by atoms with van der Waals surface area (Å²) in [4.78, 5) is 0. The van der Waals surface area contributed by atoms with Crippen molar-refractivity contribution in [3.05, 3.63) is 34.3 Å². The molecule has 0 bridgehead atoms. The van der Waals surface area contributed by atoms with Crippen LogP contribution in [0.15, 0.2) is 28.7 Å². The van der Waals surface area contributed by atoms with Gasteiger partial charge < -0.3 is 5.32 Å². The van der Waals surface area contributed by atoms with E-state index in [-0.39, 0.29) is 0 Å². The molecule has 2 unspecified atom stereocenters. The van der Waals surface area contributed by atoms with Crippen LogP contribution in [0.3, 0.4) is 0 Å². The third kappa shape index (κ3) is 3.73. The highest BCUT2D eigenvalue weighted by molar-refractivity contribution is 9.10. The lowest BCUT2D eigenvalue weighted by Crippen LogP contribution is -2.39. The van der Waals surface area contributed by atoms with E-state index in [0.717, 1.165) is 11.7 Å². The van der Waals surface area contributed by atoms with E-state index in [1.54, 1.807) is 0 Å². The SMILES string of the molecule is CNC(Cc1ccccc1Br)C1CCCCS1. The summed E-state index contributed by atoms with van der Waals surface area (Å²) in [5.74, 6) is 1.33. The molecule has 1 aromatic rings. The number of halogens is 1. The molecule has 1 aliphatic heterocycles. The third-order valence-corrected chi connectivity index (χ3v) is 5.72. The van der Waals surface area contributed by atoms with Gasteiger partial charge in [-0.1, -0.05) is 40.5 Å². The number of hydrogen-bond donors (Lipinski definition) is 1. The lowest BCUT2D eigenvalue weighted by molar-refractivity contribution is 0.494. The van der Waals surface area contributed by atoms with Gasteiger partial charge in [-0.15, -0.1) is 0 Å². The third-order valence-electron chi connectivity index (χ3n) is 3.43. The van der Waals surface area contributed by atoms with Crippen LogP contribution in [-0.4, -0.2) is 24.1 Å². The minimum Gasteiger partial charge on any atom is -0.316 e. The van der Waals surface area contributed by atoms with Crippen molar-refractivity contribution >= 4 is 27.7 Å². The number of hydrogen-bond acceptors (Lipinski definition) is 2. The Morgan fingerprint density at radius 1 is 1.41 bits per heavy atom. The van der Waals surface area contributed by atoms with E-state index in [0.29, 0.717) is 6.04 Å². The summed E-state index contributed by atoms with van der Waals surface area (Å²) in [6, 6.07) is 9.16. The summed E-state index contributed by atoms with van der Waals surface area (Å²) in [7, 11) is 2.09. The van der Waals surface area contributed by atoms with Crippen LogP contribution in [0, 0.1) is 0 Å². The van der Waals surface area contributed by atoms with Gasteiger partial charge in [0, 0.05) is 15.8 Å². The van der Waals surface area contributed by atoms with Gasteiger partial charge in [0.1, 0.15) is 0 Å². The maximum Gasteiger partial charge on any atom is 0.0224 e. The molecule has 1 saturated heterocycles. The second-order valence-electron chi connectivity index (χ2n) is 4.60. The first-order valence-electron chi connectivity index (χ1n) is 6.33. The van der Waals surface area contributed by atoms with Crippen LogP contribution < -0.4 is 5.32 Å². The first-order chi connectivity index (χ1) is 8.31. The van der Waals surface area contributed by atoms with E-state index in [1.807, 2.05) is 0 Å². The minimum atomic E-state index is 0.596. The first kappa shape index (κ1) is 13.4. The van der Waals surface area contributed by atoms with E-state index in [9.17, 15) is 0 Å². The maximum atomic E-state index is 3.64. The lowest BCUT2D eigenvalue weighted by atomic mass is 10.00. The number of benzene rings is 1. The minimum absolute atomic E-state index is 0.596. The van der Waals surface area contributed by atoms with Gasteiger partial charge in [0.05, 0.1) is 0 Å². The molecule has 0 aromatic heterocycles. The van der Waals surface area contributed by atoms with Crippen LogP contribution in [0.1, 0.15) is 24.8 Å². The van der Waals surface area contributed by atoms with E-state index in [1.165, 1.54) is 35.1 Å². The van der Waals surface area contributed by atoms with Crippen molar-refractivity contribution in [2.24, 2.45) is 0 Å². The van der Waals surface area contributed by atoms with E-state index in [4.69, 9.17) is 0 Å². The number of thioether (sulfide) groups is 1. The Morgan fingerprint density at radius 3 is 2.88 bits per heavy atom. The molecule has 0 spiro atoms. The van der Waals surface area contributed by atoms with Crippen LogP contribution >= 0.6 is 27.7 Å². The lowest BCUT2D eigenvalue weighted by Gasteiger charge is -2.30. The Balaban J connectivity index is 2.01. The van der Waals surface area contributed by atoms with Crippen molar-refractivity contribution in [1.29, 1.82) is 0 Å². The molecule has 1 fully saturated rings. The molecule has 0 radical (unpaired) electrons. The van der Waals surface area contributed by atoms with Gasteiger partial charge in [-0.2, -0.15) is 11.8 Å².